The van der Waals surface area contributed by atoms with Crippen LogP contribution in [-0.2, 0) is 16.0 Å². The van der Waals surface area contributed by atoms with Crippen LogP contribution in [0.2, 0.25) is 0 Å². The van der Waals surface area contributed by atoms with Gasteiger partial charge in [0.15, 0.2) is 5.11 Å². The fraction of sp³-hybridized carbons (Fsp3) is 0.261. The summed E-state index contributed by atoms with van der Waals surface area (Å²) in [5.74, 6) is -0.424. The van der Waals surface area contributed by atoms with Crippen LogP contribution in [0.1, 0.15) is 24.5 Å². The number of carbonyl (C=O) groups is 2. The van der Waals surface area contributed by atoms with Crippen molar-refractivity contribution in [3.05, 3.63) is 72.3 Å². The molecule has 0 spiro atoms. The Morgan fingerprint density at radius 3 is 2.41 bits per heavy atom. The van der Waals surface area contributed by atoms with Crippen molar-refractivity contribution in [2.75, 3.05) is 16.8 Å². The number of anilines is 2. The van der Waals surface area contributed by atoms with E-state index in [0.29, 0.717) is 23.0 Å². The van der Waals surface area contributed by atoms with E-state index in [1.807, 2.05) is 55.5 Å². The van der Waals surface area contributed by atoms with Gasteiger partial charge in [-0.25, -0.2) is 0 Å². The zero-order valence-electron chi connectivity index (χ0n) is 16.7. The van der Waals surface area contributed by atoms with Crippen LogP contribution < -0.4 is 10.2 Å². The van der Waals surface area contributed by atoms with Crippen molar-refractivity contribution in [3.63, 3.8) is 0 Å². The Bertz CT molecular complexity index is 922. The number of amides is 2. The molecule has 1 aliphatic rings. The van der Waals surface area contributed by atoms with Crippen LogP contribution in [0.25, 0.3) is 0 Å². The highest BCUT2D eigenvalue weighted by atomic mass is 32.1. The maximum Gasteiger partial charge on any atom is 0.256 e. The highest BCUT2D eigenvalue weighted by Gasteiger charge is 2.43. The van der Waals surface area contributed by atoms with Crippen molar-refractivity contribution in [1.82, 2.24) is 4.90 Å². The predicted octanol–water partition coefficient (Wildman–Crippen LogP) is 4.07. The number of carbonyl (C=O) groups excluding carboxylic acids is 2. The summed E-state index contributed by atoms with van der Waals surface area (Å²) in [7, 11) is 0. The average Bonchev–Trinajstić information content (AvgIpc) is 2.94. The molecule has 2 aromatic rings. The summed E-state index contributed by atoms with van der Waals surface area (Å²) in [6.45, 7) is 8.22. The molecule has 3 rings (SSSR count). The summed E-state index contributed by atoms with van der Waals surface area (Å²) in [4.78, 5) is 29.0. The van der Waals surface area contributed by atoms with Gasteiger partial charge in [0.2, 0.25) is 5.91 Å². The molecule has 0 aliphatic carbocycles. The molecule has 1 saturated heterocycles. The van der Waals surface area contributed by atoms with E-state index in [-0.39, 0.29) is 18.2 Å². The molecule has 1 fully saturated rings. The number of nitrogens with one attached hydrogen (secondary N) is 1. The molecule has 2 amide bonds. The lowest BCUT2D eigenvalue weighted by atomic mass is 10.1. The molecule has 6 heteroatoms. The Balaban J connectivity index is 1.77. The van der Waals surface area contributed by atoms with Crippen LogP contribution in [0.4, 0.5) is 11.4 Å². The van der Waals surface area contributed by atoms with Gasteiger partial charge < -0.3 is 10.2 Å². The van der Waals surface area contributed by atoms with E-state index in [0.717, 1.165) is 12.0 Å². The van der Waals surface area contributed by atoms with Gasteiger partial charge in [-0.15, -0.1) is 6.58 Å². The van der Waals surface area contributed by atoms with Crippen molar-refractivity contribution in [2.45, 2.75) is 32.7 Å². The van der Waals surface area contributed by atoms with E-state index in [4.69, 9.17) is 12.2 Å². The molecule has 1 atom stereocenters. The minimum Gasteiger partial charge on any atom is -0.332 e. The number of thiocarbonyl (C=S) groups is 1. The smallest absolute Gasteiger partial charge is 0.256 e. The number of benzene rings is 2. The molecule has 1 aliphatic heterocycles. The van der Waals surface area contributed by atoms with Gasteiger partial charge in [0.05, 0.1) is 12.1 Å². The lowest BCUT2D eigenvalue weighted by Crippen LogP contribution is -2.37. The first-order valence-electron chi connectivity index (χ1n) is 9.65. The van der Waals surface area contributed by atoms with Crippen molar-refractivity contribution in [2.24, 2.45) is 0 Å². The Morgan fingerprint density at radius 2 is 1.83 bits per heavy atom. The zero-order valence-corrected chi connectivity index (χ0v) is 17.5. The van der Waals surface area contributed by atoms with Crippen LogP contribution in [0.5, 0.6) is 0 Å². The summed E-state index contributed by atoms with van der Waals surface area (Å²) in [5.41, 5.74) is 3.72. The van der Waals surface area contributed by atoms with E-state index >= 15 is 0 Å². The summed E-state index contributed by atoms with van der Waals surface area (Å²) < 4.78 is 0. The number of nitrogens with zero attached hydrogens (tertiary/aromatic N) is 2. The second-order valence-electron chi connectivity index (χ2n) is 7.05. The first-order chi connectivity index (χ1) is 13.9. The molecular weight excluding hydrogens is 382 g/mol. The van der Waals surface area contributed by atoms with Gasteiger partial charge in [-0.05, 0) is 55.4 Å². The van der Waals surface area contributed by atoms with Gasteiger partial charge in [-0.3, -0.25) is 14.5 Å². The second-order valence-corrected chi connectivity index (χ2v) is 7.42. The lowest BCUT2D eigenvalue weighted by molar-refractivity contribution is -0.124. The Hall–Kier alpha value is -2.99. The standard InChI is InChI=1S/C23H25N3O2S/c1-4-14-25-20(15-21(27)24-18-10-8-17(5-2)9-11-18)22(28)26(23(25)29)19-12-6-16(3)7-13-19/h4,6-13,20H,1,5,14-15H2,2-3H3,(H,24,27)/t20-/m1/s1. The Labute approximate surface area is 177 Å². The molecule has 1 heterocycles. The fourth-order valence-electron chi connectivity index (χ4n) is 3.32. The van der Waals surface area contributed by atoms with Crippen molar-refractivity contribution < 1.29 is 9.59 Å². The molecule has 5 nitrogen and oxygen atoms in total. The second kappa shape index (κ2) is 9.01. The number of hydrogen-bond acceptors (Lipinski definition) is 3. The topological polar surface area (TPSA) is 52.7 Å². The van der Waals surface area contributed by atoms with Crippen LogP contribution in [0, 0.1) is 6.92 Å². The summed E-state index contributed by atoms with van der Waals surface area (Å²) in [6.07, 6.45) is 2.64. The zero-order chi connectivity index (χ0) is 21.0. The summed E-state index contributed by atoms with van der Waals surface area (Å²) >= 11 is 5.56. The molecule has 150 valence electrons. The third-order valence-corrected chi connectivity index (χ3v) is 5.38. The fourth-order valence-corrected chi connectivity index (χ4v) is 3.72. The van der Waals surface area contributed by atoms with E-state index < -0.39 is 6.04 Å². The molecule has 0 radical (unpaired) electrons. The van der Waals surface area contributed by atoms with Crippen LogP contribution in [-0.4, -0.2) is 34.4 Å². The van der Waals surface area contributed by atoms with Gasteiger partial charge in [-0.1, -0.05) is 42.8 Å². The monoisotopic (exact) mass is 407 g/mol. The number of aryl methyl sites for hydroxylation is 2. The summed E-state index contributed by atoms with van der Waals surface area (Å²) in [5, 5.41) is 3.27. The Kier molecular flexibility index (Phi) is 6.44. The first-order valence-corrected chi connectivity index (χ1v) is 10.1. The molecule has 29 heavy (non-hydrogen) atoms. The van der Waals surface area contributed by atoms with Gasteiger partial charge in [-0.2, -0.15) is 0 Å². The molecule has 2 aromatic carbocycles. The maximum absolute atomic E-state index is 13.1. The van der Waals surface area contributed by atoms with Crippen molar-refractivity contribution in [1.29, 1.82) is 0 Å². The SMILES string of the molecule is C=CCN1C(=S)N(c2ccc(C)cc2)C(=O)[C@H]1CC(=O)Nc1ccc(CC)cc1. The third-order valence-electron chi connectivity index (χ3n) is 4.96. The van der Waals surface area contributed by atoms with E-state index in [2.05, 4.69) is 18.8 Å². The van der Waals surface area contributed by atoms with E-state index in [1.54, 1.807) is 11.0 Å². The minimum absolute atomic E-state index is 0.0186. The molecule has 0 aromatic heterocycles. The van der Waals surface area contributed by atoms with E-state index in [1.165, 1.54) is 10.5 Å². The number of hydrogen-bond donors (Lipinski definition) is 1. The highest BCUT2D eigenvalue weighted by molar-refractivity contribution is 7.80. The summed E-state index contributed by atoms with van der Waals surface area (Å²) in [6, 6.07) is 14.6. The molecule has 0 bridgehead atoms. The molecule has 1 N–H and O–H groups in total. The predicted molar refractivity (Wildman–Crippen MR) is 121 cm³/mol. The molecular formula is C23H25N3O2S. The van der Waals surface area contributed by atoms with Crippen LogP contribution >= 0.6 is 12.2 Å². The number of rotatable bonds is 7. The molecule has 0 saturated carbocycles. The van der Waals surface area contributed by atoms with Gasteiger partial charge in [0, 0.05) is 12.2 Å². The largest absolute Gasteiger partial charge is 0.332 e. The van der Waals surface area contributed by atoms with Crippen molar-refractivity contribution in [3.8, 4) is 0 Å². The Morgan fingerprint density at radius 1 is 1.17 bits per heavy atom. The van der Waals surface area contributed by atoms with Gasteiger partial charge in [0.1, 0.15) is 6.04 Å². The average molecular weight is 408 g/mol. The third kappa shape index (κ3) is 4.54. The van der Waals surface area contributed by atoms with Crippen LogP contribution in [0.15, 0.2) is 61.2 Å². The van der Waals surface area contributed by atoms with Gasteiger partial charge >= 0.3 is 0 Å². The molecule has 0 unspecified atom stereocenters. The van der Waals surface area contributed by atoms with Crippen molar-refractivity contribution >= 4 is 40.5 Å². The van der Waals surface area contributed by atoms with Gasteiger partial charge in [0.25, 0.3) is 5.91 Å². The lowest BCUT2D eigenvalue weighted by Gasteiger charge is -2.22. The van der Waals surface area contributed by atoms with Crippen LogP contribution in [0.3, 0.4) is 0 Å². The quantitative estimate of drug-likeness (QED) is 0.555. The first kappa shape index (κ1) is 20.7. The maximum atomic E-state index is 13.1. The minimum atomic E-state index is -0.656. The normalized spacial score (nSPS) is 16.3. The van der Waals surface area contributed by atoms with E-state index in [9.17, 15) is 9.59 Å². The highest BCUT2D eigenvalue weighted by Crippen LogP contribution is 2.27.